The van der Waals surface area contributed by atoms with Crippen molar-refractivity contribution >= 4 is 12.0 Å². The number of rotatable bonds is 3. The molecule has 8 heteroatoms. The summed E-state index contributed by atoms with van der Waals surface area (Å²) in [5, 5.41) is 8.77. The van der Waals surface area contributed by atoms with Gasteiger partial charge < -0.3 is 4.74 Å². The lowest BCUT2D eigenvalue weighted by Gasteiger charge is -1.99. The lowest BCUT2D eigenvalue weighted by atomic mass is 10.8. The molecule has 2 aromatic rings. The van der Waals surface area contributed by atoms with Crippen LogP contribution in [0.3, 0.4) is 0 Å². The molecule has 2 heterocycles. The highest BCUT2D eigenvalue weighted by molar-refractivity contribution is 5.89. The number of amides is 1. The van der Waals surface area contributed by atoms with Crippen LogP contribution in [0.5, 0.6) is 6.01 Å². The summed E-state index contributed by atoms with van der Waals surface area (Å²) < 4.78 is 6.32. The highest BCUT2D eigenvalue weighted by atomic mass is 16.5. The maximum atomic E-state index is 11.5. The van der Waals surface area contributed by atoms with Crippen molar-refractivity contribution in [3.63, 3.8) is 0 Å². The number of ether oxygens (including phenoxy) is 1. The molecule has 0 saturated carbocycles. The van der Waals surface area contributed by atoms with Gasteiger partial charge in [-0.05, 0) is 6.92 Å². The molecule has 0 unspecified atom stereocenters. The number of carbonyl (C=O) groups excluding carboxylic acids is 1. The fourth-order valence-corrected chi connectivity index (χ4v) is 1.04. The Balaban J connectivity index is 2.01. The van der Waals surface area contributed by atoms with E-state index in [1.54, 1.807) is 0 Å². The predicted molar refractivity (Wildman–Crippen MR) is 54.2 cm³/mol. The standard InChI is InChI=1S/C8H10N6O2/c1-2-16-7-10-6(12-13-7)11-8(15)14-4-3-9-5-14/h3-5H,2H2,1H3,(H2,10,11,12,13,15). The van der Waals surface area contributed by atoms with Crippen LogP contribution >= 0.6 is 0 Å². The minimum absolute atomic E-state index is 0.198. The number of imidazole rings is 1. The molecule has 0 aromatic carbocycles. The SMILES string of the molecule is CCOc1n[nH]c(NC(=O)n2ccnc2)n1. The van der Waals surface area contributed by atoms with Crippen LogP contribution in [-0.4, -0.2) is 37.4 Å². The number of nitrogens with one attached hydrogen (secondary N) is 2. The van der Waals surface area contributed by atoms with Gasteiger partial charge in [0.15, 0.2) is 0 Å². The number of hydrogen-bond acceptors (Lipinski definition) is 5. The predicted octanol–water partition coefficient (Wildman–Crippen LogP) is 0.480. The molecule has 0 fully saturated rings. The summed E-state index contributed by atoms with van der Waals surface area (Å²) in [4.78, 5) is 19.2. The van der Waals surface area contributed by atoms with E-state index in [2.05, 4.69) is 25.5 Å². The number of aromatic amines is 1. The monoisotopic (exact) mass is 222 g/mol. The normalized spacial score (nSPS) is 10.1. The molecular weight excluding hydrogens is 212 g/mol. The summed E-state index contributed by atoms with van der Waals surface area (Å²) >= 11 is 0. The average molecular weight is 222 g/mol. The van der Waals surface area contributed by atoms with Gasteiger partial charge in [-0.3, -0.25) is 9.88 Å². The van der Waals surface area contributed by atoms with E-state index in [1.165, 1.54) is 23.3 Å². The molecule has 84 valence electrons. The molecule has 0 radical (unpaired) electrons. The minimum atomic E-state index is -0.378. The molecule has 0 bridgehead atoms. The average Bonchev–Trinajstić information content (AvgIpc) is 2.89. The van der Waals surface area contributed by atoms with Gasteiger partial charge in [0, 0.05) is 12.4 Å². The molecule has 2 N–H and O–H groups in total. The van der Waals surface area contributed by atoms with E-state index in [-0.39, 0.29) is 18.0 Å². The van der Waals surface area contributed by atoms with Gasteiger partial charge in [-0.2, -0.15) is 4.98 Å². The van der Waals surface area contributed by atoms with Crippen LogP contribution in [0.15, 0.2) is 18.7 Å². The van der Waals surface area contributed by atoms with Crippen molar-refractivity contribution in [3.8, 4) is 6.01 Å². The zero-order valence-electron chi connectivity index (χ0n) is 8.54. The molecular formula is C8H10N6O2. The Morgan fingerprint density at radius 1 is 1.69 bits per heavy atom. The van der Waals surface area contributed by atoms with Crippen LogP contribution in [0.25, 0.3) is 0 Å². The lowest BCUT2D eigenvalue weighted by Crippen LogP contribution is -2.18. The first-order chi connectivity index (χ1) is 7.79. The summed E-state index contributed by atoms with van der Waals surface area (Å²) in [6.45, 7) is 2.28. The third kappa shape index (κ3) is 2.16. The van der Waals surface area contributed by atoms with Crippen molar-refractivity contribution < 1.29 is 9.53 Å². The smallest absolute Gasteiger partial charge is 0.337 e. The molecule has 0 spiro atoms. The fraction of sp³-hybridized carbons (Fsp3) is 0.250. The van der Waals surface area contributed by atoms with E-state index in [1.807, 2.05) is 6.92 Å². The summed E-state index contributed by atoms with van der Waals surface area (Å²) in [5.74, 6) is 0.224. The largest absolute Gasteiger partial charge is 0.463 e. The number of carbonyl (C=O) groups is 1. The first-order valence-corrected chi connectivity index (χ1v) is 4.64. The van der Waals surface area contributed by atoms with Crippen molar-refractivity contribution in [3.05, 3.63) is 18.7 Å². The van der Waals surface area contributed by atoms with Crippen LogP contribution in [0.1, 0.15) is 6.92 Å². The Morgan fingerprint density at radius 3 is 3.25 bits per heavy atom. The second-order valence-corrected chi connectivity index (χ2v) is 2.80. The third-order valence-electron chi connectivity index (χ3n) is 1.70. The van der Waals surface area contributed by atoms with E-state index < -0.39 is 0 Å². The fourth-order valence-electron chi connectivity index (χ4n) is 1.04. The second kappa shape index (κ2) is 4.43. The van der Waals surface area contributed by atoms with Crippen molar-refractivity contribution in [2.24, 2.45) is 0 Å². The molecule has 1 amide bonds. The molecule has 8 nitrogen and oxygen atoms in total. The highest BCUT2D eigenvalue weighted by Crippen LogP contribution is 2.05. The van der Waals surface area contributed by atoms with Crippen LogP contribution in [0, 0.1) is 0 Å². The van der Waals surface area contributed by atoms with Crippen LogP contribution < -0.4 is 10.1 Å². The van der Waals surface area contributed by atoms with Crippen molar-refractivity contribution in [1.82, 2.24) is 24.7 Å². The van der Waals surface area contributed by atoms with E-state index in [0.29, 0.717) is 6.61 Å². The molecule has 0 aliphatic carbocycles. The first-order valence-electron chi connectivity index (χ1n) is 4.64. The Hall–Kier alpha value is -2.38. The first kappa shape index (κ1) is 10.1. The molecule has 0 atom stereocenters. The van der Waals surface area contributed by atoms with Gasteiger partial charge in [-0.15, -0.1) is 5.10 Å². The summed E-state index contributed by atoms with van der Waals surface area (Å²) in [5.41, 5.74) is 0. The van der Waals surface area contributed by atoms with E-state index in [0.717, 1.165) is 0 Å². The number of aromatic nitrogens is 5. The minimum Gasteiger partial charge on any atom is -0.463 e. The third-order valence-corrected chi connectivity index (χ3v) is 1.70. The summed E-state index contributed by atoms with van der Waals surface area (Å²) in [6, 6.07) is -0.180. The van der Waals surface area contributed by atoms with Gasteiger partial charge in [0.25, 0.3) is 0 Å². The van der Waals surface area contributed by atoms with Crippen molar-refractivity contribution in [2.75, 3.05) is 11.9 Å². The Labute approximate surface area is 90.7 Å². The maximum absolute atomic E-state index is 11.5. The molecule has 2 aromatic heterocycles. The highest BCUT2D eigenvalue weighted by Gasteiger charge is 2.08. The number of anilines is 1. The van der Waals surface area contributed by atoms with Gasteiger partial charge in [-0.25, -0.2) is 14.9 Å². The molecule has 0 aliphatic rings. The summed E-state index contributed by atoms with van der Waals surface area (Å²) in [6.07, 6.45) is 4.41. The van der Waals surface area contributed by atoms with Gasteiger partial charge in [0.1, 0.15) is 6.33 Å². The van der Waals surface area contributed by atoms with Gasteiger partial charge in [0.05, 0.1) is 6.61 Å². The van der Waals surface area contributed by atoms with Gasteiger partial charge in [-0.1, -0.05) is 0 Å². The molecule has 0 aliphatic heterocycles. The van der Waals surface area contributed by atoms with Crippen molar-refractivity contribution in [1.29, 1.82) is 0 Å². The van der Waals surface area contributed by atoms with Gasteiger partial charge in [0.2, 0.25) is 5.95 Å². The molecule has 0 saturated heterocycles. The van der Waals surface area contributed by atoms with Gasteiger partial charge >= 0.3 is 12.0 Å². The van der Waals surface area contributed by atoms with Crippen molar-refractivity contribution in [2.45, 2.75) is 6.92 Å². The zero-order chi connectivity index (χ0) is 11.4. The number of nitrogens with zero attached hydrogens (tertiary/aromatic N) is 4. The number of H-pyrrole nitrogens is 1. The Bertz CT molecular complexity index is 463. The van der Waals surface area contributed by atoms with Crippen LogP contribution in [0.2, 0.25) is 0 Å². The number of hydrogen-bond donors (Lipinski definition) is 2. The maximum Gasteiger partial charge on any atom is 0.337 e. The summed E-state index contributed by atoms with van der Waals surface area (Å²) in [7, 11) is 0. The van der Waals surface area contributed by atoms with Crippen LogP contribution in [-0.2, 0) is 0 Å². The lowest BCUT2D eigenvalue weighted by molar-refractivity contribution is 0.253. The Morgan fingerprint density at radius 2 is 2.56 bits per heavy atom. The van der Waals surface area contributed by atoms with Crippen LogP contribution in [0.4, 0.5) is 10.7 Å². The van der Waals surface area contributed by atoms with E-state index in [9.17, 15) is 4.79 Å². The quantitative estimate of drug-likeness (QED) is 0.787. The second-order valence-electron chi connectivity index (χ2n) is 2.80. The van der Waals surface area contributed by atoms with E-state index >= 15 is 0 Å². The Kier molecular flexibility index (Phi) is 2.81. The zero-order valence-corrected chi connectivity index (χ0v) is 8.54. The molecule has 16 heavy (non-hydrogen) atoms. The molecule has 2 rings (SSSR count). The van der Waals surface area contributed by atoms with E-state index in [4.69, 9.17) is 4.74 Å². The topological polar surface area (TPSA) is 97.7 Å².